The molecule has 6 nitrogen and oxygen atoms in total. The Hall–Kier alpha value is -1.17. The third-order valence-electron chi connectivity index (χ3n) is 4.04. The largest absolute Gasteiger partial charge is 0.370 e. The van der Waals surface area contributed by atoms with Gasteiger partial charge in [-0.05, 0) is 61.6 Å². The highest BCUT2D eigenvalue weighted by molar-refractivity contribution is 14.0. The first kappa shape index (κ1) is 21.1. The number of guanidine groups is 1. The molecule has 0 radical (unpaired) electrons. The zero-order valence-corrected chi connectivity index (χ0v) is 18.5. The molecule has 3 rings (SSSR count). The third-order valence-corrected chi connectivity index (χ3v) is 6.99. The normalized spacial score (nSPS) is 14.0. The van der Waals surface area contributed by atoms with Crippen molar-refractivity contribution in [2.24, 2.45) is 10.7 Å². The molecule has 0 fully saturated rings. The third kappa shape index (κ3) is 5.41. The lowest BCUT2D eigenvalue weighted by Gasteiger charge is -2.08. The monoisotopic (exact) mass is 506 g/mol. The van der Waals surface area contributed by atoms with Gasteiger partial charge < -0.3 is 11.1 Å². The van der Waals surface area contributed by atoms with Crippen LogP contribution >= 0.6 is 35.3 Å². The number of nitrogens with zero attached hydrogens (tertiary/aromatic N) is 1. The van der Waals surface area contributed by atoms with E-state index in [1.165, 1.54) is 28.9 Å². The number of aliphatic imine (C=N–C) groups is 1. The van der Waals surface area contributed by atoms with Crippen LogP contribution < -0.4 is 15.8 Å². The summed E-state index contributed by atoms with van der Waals surface area (Å²) in [6.45, 7) is 2.35. The van der Waals surface area contributed by atoms with E-state index in [0.29, 0.717) is 4.21 Å². The van der Waals surface area contributed by atoms with Gasteiger partial charge in [-0.15, -0.1) is 35.3 Å². The van der Waals surface area contributed by atoms with E-state index in [9.17, 15) is 8.42 Å². The predicted octanol–water partition coefficient (Wildman–Crippen LogP) is 2.87. The van der Waals surface area contributed by atoms with E-state index in [1.54, 1.807) is 12.1 Å². The first-order chi connectivity index (χ1) is 11.9. The molecule has 9 heteroatoms. The molecule has 0 spiro atoms. The van der Waals surface area contributed by atoms with Gasteiger partial charge in [-0.3, -0.25) is 4.99 Å². The van der Waals surface area contributed by atoms with Crippen LogP contribution in [0.15, 0.2) is 39.5 Å². The highest BCUT2D eigenvalue weighted by atomic mass is 127. The molecule has 1 aliphatic rings. The fourth-order valence-electron chi connectivity index (χ4n) is 2.82. The van der Waals surface area contributed by atoms with Gasteiger partial charge in [-0.25, -0.2) is 13.1 Å². The van der Waals surface area contributed by atoms with E-state index >= 15 is 0 Å². The summed E-state index contributed by atoms with van der Waals surface area (Å²) in [5, 5.41) is 3.06. The van der Waals surface area contributed by atoms with Gasteiger partial charge in [0, 0.05) is 17.1 Å². The number of hydrogen-bond donors (Lipinski definition) is 3. The molecule has 0 amide bonds. The van der Waals surface area contributed by atoms with Crippen LogP contribution in [0.4, 0.5) is 5.69 Å². The molecule has 142 valence electrons. The molecular weight excluding hydrogens is 483 g/mol. The molecule has 0 aliphatic heterocycles. The number of sulfonamides is 1. The molecule has 2 aromatic rings. The Morgan fingerprint density at radius 2 is 2.00 bits per heavy atom. The number of fused-ring (bicyclic) bond motifs is 1. The first-order valence-corrected chi connectivity index (χ1v) is 10.5. The fraction of sp³-hybridized carbons (Fsp3) is 0.353. The van der Waals surface area contributed by atoms with Crippen molar-refractivity contribution < 1.29 is 8.42 Å². The number of aryl methyl sites for hydroxylation is 3. The minimum atomic E-state index is -3.47. The molecule has 1 aliphatic carbocycles. The van der Waals surface area contributed by atoms with Crippen LogP contribution in [0.2, 0.25) is 0 Å². The van der Waals surface area contributed by atoms with Gasteiger partial charge in [0.05, 0.1) is 6.54 Å². The van der Waals surface area contributed by atoms with Gasteiger partial charge in [0.15, 0.2) is 5.96 Å². The maximum Gasteiger partial charge on any atom is 0.250 e. The van der Waals surface area contributed by atoms with E-state index in [1.807, 2.05) is 13.0 Å². The Kier molecular flexibility index (Phi) is 7.44. The molecule has 1 aromatic carbocycles. The van der Waals surface area contributed by atoms with Gasteiger partial charge >= 0.3 is 0 Å². The molecule has 0 unspecified atom stereocenters. The van der Waals surface area contributed by atoms with Gasteiger partial charge in [-0.2, -0.15) is 0 Å². The van der Waals surface area contributed by atoms with Crippen molar-refractivity contribution >= 4 is 57.0 Å². The summed E-state index contributed by atoms with van der Waals surface area (Å²) in [5.41, 5.74) is 9.55. The lowest BCUT2D eigenvalue weighted by molar-refractivity contribution is 0.584. The van der Waals surface area contributed by atoms with Gasteiger partial charge in [0.1, 0.15) is 4.21 Å². The minimum Gasteiger partial charge on any atom is -0.370 e. The lowest BCUT2D eigenvalue weighted by Crippen LogP contribution is -2.28. The highest BCUT2D eigenvalue weighted by Crippen LogP contribution is 2.24. The number of nitrogens with two attached hydrogens (primary N) is 1. The number of benzene rings is 1. The maximum atomic E-state index is 12.1. The summed E-state index contributed by atoms with van der Waals surface area (Å²) in [6.07, 6.45) is 3.45. The average Bonchev–Trinajstić information content (AvgIpc) is 3.20. The number of rotatable bonds is 6. The molecular formula is C17H23IN4O2S2. The molecule has 0 saturated heterocycles. The Balaban J connectivity index is 0.00000243. The number of halogens is 1. The molecule has 26 heavy (non-hydrogen) atoms. The predicted molar refractivity (Wildman–Crippen MR) is 118 cm³/mol. The van der Waals surface area contributed by atoms with Crippen molar-refractivity contribution in [3.05, 3.63) is 46.3 Å². The van der Waals surface area contributed by atoms with Crippen LogP contribution in [-0.4, -0.2) is 27.5 Å². The Morgan fingerprint density at radius 3 is 2.73 bits per heavy atom. The standard InChI is InChI=1S/C17H22N4O2S2.HI/c1-12-5-8-16(24-12)25(22,23)20-10-9-19-17(18)21-15-7-6-13-3-2-4-14(13)11-15;/h5-8,11,20H,2-4,9-10H2,1H3,(H3,18,19,21);1H. The van der Waals surface area contributed by atoms with Crippen LogP contribution in [-0.2, 0) is 22.9 Å². The summed E-state index contributed by atoms with van der Waals surface area (Å²) in [4.78, 5) is 5.13. The second-order valence-corrected chi connectivity index (χ2v) is 9.27. The molecule has 0 atom stereocenters. The summed E-state index contributed by atoms with van der Waals surface area (Å²) in [6, 6.07) is 9.61. The van der Waals surface area contributed by atoms with Crippen molar-refractivity contribution in [3.8, 4) is 0 Å². The summed E-state index contributed by atoms with van der Waals surface area (Å²) < 4.78 is 27.0. The van der Waals surface area contributed by atoms with Crippen LogP contribution in [0.5, 0.6) is 0 Å². The van der Waals surface area contributed by atoms with Gasteiger partial charge in [-0.1, -0.05) is 6.07 Å². The van der Waals surface area contributed by atoms with Crippen molar-refractivity contribution in [1.82, 2.24) is 4.72 Å². The van der Waals surface area contributed by atoms with Crippen LogP contribution in [0.3, 0.4) is 0 Å². The van der Waals surface area contributed by atoms with Crippen molar-refractivity contribution in [2.45, 2.75) is 30.4 Å². The Labute approximate surface area is 175 Å². The van der Waals surface area contributed by atoms with Crippen molar-refractivity contribution in [3.63, 3.8) is 0 Å². The maximum absolute atomic E-state index is 12.1. The lowest BCUT2D eigenvalue weighted by atomic mass is 10.1. The SMILES string of the molecule is Cc1ccc(S(=O)(=O)NCCN=C(N)Nc2ccc3c(c2)CCC3)s1.I. The fourth-order valence-corrected chi connectivity index (χ4v) is 5.17. The zero-order chi connectivity index (χ0) is 17.9. The van der Waals surface area contributed by atoms with Crippen LogP contribution in [0, 0.1) is 6.92 Å². The second-order valence-electron chi connectivity index (χ2n) is 5.99. The molecule has 1 heterocycles. The van der Waals surface area contributed by atoms with E-state index < -0.39 is 10.0 Å². The number of hydrogen-bond acceptors (Lipinski definition) is 4. The van der Waals surface area contributed by atoms with E-state index in [4.69, 9.17) is 5.73 Å². The van der Waals surface area contributed by atoms with Gasteiger partial charge in [0.2, 0.25) is 10.0 Å². The van der Waals surface area contributed by atoms with Crippen molar-refractivity contribution in [2.75, 3.05) is 18.4 Å². The van der Waals surface area contributed by atoms with E-state index in [0.717, 1.165) is 23.4 Å². The first-order valence-electron chi connectivity index (χ1n) is 8.19. The Bertz CT molecular complexity index is 894. The highest BCUT2D eigenvalue weighted by Gasteiger charge is 2.15. The smallest absolute Gasteiger partial charge is 0.250 e. The van der Waals surface area contributed by atoms with Crippen LogP contribution in [0.1, 0.15) is 22.4 Å². The molecule has 1 aromatic heterocycles. The zero-order valence-electron chi connectivity index (χ0n) is 14.5. The summed E-state index contributed by atoms with van der Waals surface area (Å²) >= 11 is 1.25. The molecule has 0 saturated carbocycles. The van der Waals surface area contributed by atoms with E-state index in [-0.39, 0.29) is 43.0 Å². The van der Waals surface area contributed by atoms with Crippen LogP contribution in [0.25, 0.3) is 0 Å². The summed E-state index contributed by atoms with van der Waals surface area (Å²) in [5.74, 6) is 0.282. The number of anilines is 1. The average molecular weight is 506 g/mol. The number of thiophene rings is 1. The van der Waals surface area contributed by atoms with E-state index in [2.05, 4.69) is 27.2 Å². The second kappa shape index (κ2) is 9.16. The molecule has 4 N–H and O–H groups in total. The minimum absolute atomic E-state index is 0. The number of nitrogens with one attached hydrogen (secondary N) is 2. The molecule has 0 bridgehead atoms. The van der Waals surface area contributed by atoms with Crippen molar-refractivity contribution in [1.29, 1.82) is 0 Å². The topological polar surface area (TPSA) is 96.6 Å². The van der Waals surface area contributed by atoms with Gasteiger partial charge in [0.25, 0.3) is 0 Å². The quantitative estimate of drug-likeness (QED) is 0.243. The Morgan fingerprint density at radius 1 is 1.23 bits per heavy atom. The summed E-state index contributed by atoms with van der Waals surface area (Å²) in [7, 11) is -3.47.